The molecule has 0 fully saturated rings. The van der Waals surface area contributed by atoms with Crippen molar-refractivity contribution in [2.75, 3.05) is 5.32 Å². The van der Waals surface area contributed by atoms with Gasteiger partial charge >= 0.3 is 0 Å². The van der Waals surface area contributed by atoms with Gasteiger partial charge in [-0.15, -0.1) is 11.3 Å². The first-order valence-electron chi connectivity index (χ1n) is 10.7. The summed E-state index contributed by atoms with van der Waals surface area (Å²) in [6.45, 7) is 8.65. The number of hydrogen-bond donors (Lipinski definition) is 2. The summed E-state index contributed by atoms with van der Waals surface area (Å²) in [5.41, 5.74) is 5.43. The molecular formula is C25H29N3OS. The van der Waals surface area contributed by atoms with E-state index in [1.54, 1.807) is 17.4 Å². The van der Waals surface area contributed by atoms with Gasteiger partial charge in [0, 0.05) is 11.3 Å². The Morgan fingerprint density at radius 3 is 2.60 bits per heavy atom. The molecule has 0 atom stereocenters. The molecule has 0 amide bonds. The van der Waals surface area contributed by atoms with Crippen LogP contribution in [0.2, 0.25) is 0 Å². The Balaban J connectivity index is 1.85. The van der Waals surface area contributed by atoms with Crippen molar-refractivity contribution in [1.29, 1.82) is 0 Å². The van der Waals surface area contributed by atoms with Crippen LogP contribution >= 0.6 is 11.3 Å². The molecule has 1 aliphatic rings. The third-order valence-electron chi connectivity index (χ3n) is 6.39. The fourth-order valence-electron chi connectivity index (χ4n) is 4.32. The second-order valence-electron chi connectivity index (χ2n) is 8.22. The van der Waals surface area contributed by atoms with E-state index in [2.05, 4.69) is 43.6 Å². The van der Waals surface area contributed by atoms with Crippen molar-refractivity contribution in [2.24, 2.45) is 5.41 Å². The van der Waals surface area contributed by atoms with E-state index in [0.717, 1.165) is 59.1 Å². The normalized spacial score (nSPS) is 15.3. The van der Waals surface area contributed by atoms with E-state index in [-0.39, 0.29) is 5.41 Å². The van der Waals surface area contributed by atoms with Crippen molar-refractivity contribution in [2.45, 2.75) is 53.4 Å². The Kier molecular flexibility index (Phi) is 5.65. The molecule has 1 aliphatic carbocycles. The largest absolute Gasteiger partial charge is 0.508 e. The zero-order valence-corrected chi connectivity index (χ0v) is 18.9. The molecule has 30 heavy (non-hydrogen) atoms. The van der Waals surface area contributed by atoms with Gasteiger partial charge in [-0.2, -0.15) is 0 Å². The molecule has 1 aromatic carbocycles. The second kappa shape index (κ2) is 8.23. The number of aryl methyl sites for hydroxylation is 1. The summed E-state index contributed by atoms with van der Waals surface area (Å²) in [6.07, 6.45) is 6.72. The lowest BCUT2D eigenvalue weighted by molar-refractivity contribution is 0.327. The Morgan fingerprint density at radius 1 is 1.13 bits per heavy atom. The molecular weight excluding hydrogens is 390 g/mol. The number of nitrogens with one attached hydrogen (secondary N) is 1. The monoisotopic (exact) mass is 419 g/mol. The van der Waals surface area contributed by atoms with Gasteiger partial charge in [-0.05, 0) is 85.7 Å². The zero-order chi connectivity index (χ0) is 21.3. The van der Waals surface area contributed by atoms with Crippen LogP contribution in [0.25, 0.3) is 16.3 Å². The lowest BCUT2D eigenvalue weighted by Crippen LogP contribution is -2.16. The number of aromatic nitrogens is 2. The molecule has 0 spiro atoms. The van der Waals surface area contributed by atoms with Gasteiger partial charge in [-0.1, -0.05) is 26.0 Å². The molecule has 4 rings (SSSR count). The molecule has 2 N–H and O–H groups in total. The number of fused-ring (bicyclic) bond motifs is 1. The Labute approximate surface area is 182 Å². The first kappa shape index (κ1) is 20.6. The van der Waals surface area contributed by atoms with Crippen molar-refractivity contribution in [3.63, 3.8) is 0 Å². The van der Waals surface area contributed by atoms with Crippen LogP contribution in [0, 0.1) is 12.3 Å². The summed E-state index contributed by atoms with van der Waals surface area (Å²) >= 11 is 1.66. The molecule has 0 aliphatic heterocycles. The highest BCUT2D eigenvalue weighted by molar-refractivity contribution is 7.13. The number of phenols is 1. The molecule has 0 bridgehead atoms. The van der Waals surface area contributed by atoms with Crippen molar-refractivity contribution in [3.8, 4) is 16.5 Å². The fraction of sp³-hybridized carbons (Fsp3) is 0.360. The van der Waals surface area contributed by atoms with Gasteiger partial charge in [0.1, 0.15) is 11.6 Å². The highest BCUT2D eigenvalue weighted by atomic mass is 32.1. The third kappa shape index (κ3) is 3.86. The Hall–Kier alpha value is -2.66. The summed E-state index contributed by atoms with van der Waals surface area (Å²) in [5, 5.41) is 15.5. The van der Waals surface area contributed by atoms with E-state index in [1.165, 1.54) is 11.1 Å². The lowest BCUT2D eigenvalue weighted by atomic mass is 9.78. The number of benzene rings is 1. The average molecular weight is 420 g/mol. The van der Waals surface area contributed by atoms with Gasteiger partial charge in [-0.3, -0.25) is 0 Å². The number of rotatable bonds is 5. The van der Waals surface area contributed by atoms with Crippen molar-refractivity contribution in [1.82, 2.24) is 9.97 Å². The van der Waals surface area contributed by atoms with Crippen LogP contribution in [0.5, 0.6) is 5.75 Å². The molecule has 4 nitrogen and oxygen atoms in total. The summed E-state index contributed by atoms with van der Waals surface area (Å²) in [4.78, 5) is 11.0. The third-order valence-corrected chi connectivity index (χ3v) is 7.25. The Morgan fingerprint density at radius 2 is 1.93 bits per heavy atom. The molecule has 0 unspecified atom stereocenters. The molecule has 156 valence electrons. The number of hydrogen-bond acceptors (Lipinski definition) is 5. The van der Waals surface area contributed by atoms with E-state index in [1.807, 2.05) is 25.1 Å². The number of nitrogens with zero attached hydrogens (tertiary/aromatic N) is 2. The minimum Gasteiger partial charge on any atom is -0.508 e. The zero-order valence-electron chi connectivity index (χ0n) is 18.1. The predicted molar refractivity (Wildman–Crippen MR) is 126 cm³/mol. The standard InChI is InChI=1S/C25H29N3OS/c1-5-25(6-2)12-11-19-22(17(4)15-25)27-24(21-8-7-13-30-21)28-23(19)26-18-9-10-20(29)16(3)14-18/h7-10,13-15,29H,5-6,11-12H2,1-4H3,(H,26,27,28). The lowest BCUT2D eigenvalue weighted by Gasteiger charge is -2.27. The maximum atomic E-state index is 9.90. The molecule has 2 heterocycles. The van der Waals surface area contributed by atoms with E-state index >= 15 is 0 Å². The van der Waals surface area contributed by atoms with Crippen molar-refractivity contribution >= 4 is 28.4 Å². The topological polar surface area (TPSA) is 58.0 Å². The molecule has 3 aromatic rings. The van der Waals surface area contributed by atoms with Gasteiger partial charge in [0.15, 0.2) is 5.82 Å². The van der Waals surface area contributed by atoms with Crippen molar-refractivity contribution in [3.05, 3.63) is 58.6 Å². The highest BCUT2D eigenvalue weighted by Gasteiger charge is 2.29. The summed E-state index contributed by atoms with van der Waals surface area (Å²) in [5.74, 6) is 1.93. The number of allylic oxidation sites excluding steroid dienone is 2. The Bertz CT molecular complexity index is 1080. The van der Waals surface area contributed by atoms with Crippen LogP contribution in [0.1, 0.15) is 56.9 Å². The predicted octanol–water partition coefficient (Wildman–Crippen LogP) is 7.12. The molecule has 0 saturated heterocycles. The van der Waals surface area contributed by atoms with Crippen LogP contribution in [-0.2, 0) is 6.42 Å². The first-order chi connectivity index (χ1) is 14.4. The number of phenolic OH excluding ortho intramolecular Hbond substituents is 1. The van der Waals surface area contributed by atoms with Crippen LogP contribution in [0.4, 0.5) is 11.5 Å². The highest BCUT2D eigenvalue weighted by Crippen LogP contribution is 2.42. The summed E-state index contributed by atoms with van der Waals surface area (Å²) < 4.78 is 0. The maximum Gasteiger partial charge on any atom is 0.172 e. The van der Waals surface area contributed by atoms with Crippen molar-refractivity contribution < 1.29 is 5.11 Å². The average Bonchev–Trinajstić information content (AvgIpc) is 3.24. The smallest absolute Gasteiger partial charge is 0.172 e. The van der Waals surface area contributed by atoms with Crippen LogP contribution in [0.15, 0.2) is 41.8 Å². The van der Waals surface area contributed by atoms with E-state index < -0.39 is 0 Å². The molecule has 0 saturated carbocycles. The van der Waals surface area contributed by atoms with E-state index in [4.69, 9.17) is 9.97 Å². The van der Waals surface area contributed by atoms with Crippen LogP contribution < -0.4 is 5.32 Å². The van der Waals surface area contributed by atoms with E-state index in [9.17, 15) is 5.11 Å². The van der Waals surface area contributed by atoms with E-state index in [0.29, 0.717) is 5.75 Å². The first-order valence-corrected chi connectivity index (χ1v) is 11.5. The van der Waals surface area contributed by atoms with Gasteiger partial charge in [0.05, 0.1) is 10.6 Å². The summed E-state index contributed by atoms with van der Waals surface area (Å²) in [6, 6.07) is 9.67. The molecule has 5 heteroatoms. The second-order valence-corrected chi connectivity index (χ2v) is 9.17. The minimum atomic E-state index is 0.209. The SMILES string of the molecule is CCC1(CC)C=C(C)c2nc(-c3cccs3)nc(Nc3ccc(O)c(C)c3)c2CC1. The number of thiophene rings is 1. The van der Waals surface area contributed by atoms with Crippen LogP contribution in [0.3, 0.4) is 0 Å². The molecule has 2 aromatic heterocycles. The fourth-order valence-corrected chi connectivity index (χ4v) is 4.98. The van der Waals surface area contributed by atoms with Gasteiger partial charge in [0.2, 0.25) is 0 Å². The van der Waals surface area contributed by atoms with Gasteiger partial charge in [0.25, 0.3) is 0 Å². The number of anilines is 2. The minimum absolute atomic E-state index is 0.209. The maximum absolute atomic E-state index is 9.90. The van der Waals surface area contributed by atoms with Gasteiger partial charge < -0.3 is 10.4 Å². The van der Waals surface area contributed by atoms with Crippen LogP contribution in [-0.4, -0.2) is 15.1 Å². The van der Waals surface area contributed by atoms with Gasteiger partial charge in [-0.25, -0.2) is 9.97 Å². The number of aromatic hydroxyl groups is 1. The quantitative estimate of drug-likeness (QED) is 0.432. The molecule has 0 radical (unpaired) electrons. The summed E-state index contributed by atoms with van der Waals surface area (Å²) in [7, 11) is 0.